The molecule has 0 bridgehead atoms. The number of halogens is 1. The molecule has 0 atom stereocenters. The van der Waals surface area contributed by atoms with Crippen molar-refractivity contribution in [3.63, 3.8) is 0 Å². The molecule has 7 nitrogen and oxygen atoms in total. The van der Waals surface area contributed by atoms with Crippen LogP contribution < -0.4 is 14.2 Å². The van der Waals surface area contributed by atoms with Crippen molar-refractivity contribution in [1.82, 2.24) is 0 Å². The zero-order valence-corrected chi connectivity index (χ0v) is 20.1. The summed E-state index contributed by atoms with van der Waals surface area (Å²) in [5.41, 5.74) is 1.88. The number of nitrogens with one attached hydrogen (secondary N) is 1. The molecular formula is C24H19BrN2O5S. The quantitative estimate of drug-likeness (QED) is 0.261. The lowest BCUT2D eigenvalue weighted by molar-refractivity contribution is -0.112. The molecule has 0 aliphatic rings. The molecule has 0 unspecified atom stereocenters. The second-order valence-corrected chi connectivity index (χ2v) is 9.28. The average molecular weight is 527 g/mol. The van der Waals surface area contributed by atoms with E-state index in [1.165, 1.54) is 37.5 Å². The van der Waals surface area contributed by atoms with Crippen LogP contribution in [0.3, 0.4) is 0 Å². The number of methoxy groups -OCH3 is 1. The van der Waals surface area contributed by atoms with Gasteiger partial charge in [-0.15, -0.1) is 0 Å². The number of nitriles is 1. The Kier molecular flexibility index (Phi) is 7.53. The summed E-state index contributed by atoms with van der Waals surface area (Å²) in [6, 6.07) is 19.7. The molecule has 168 valence electrons. The van der Waals surface area contributed by atoms with E-state index in [1.54, 1.807) is 30.3 Å². The summed E-state index contributed by atoms with van der Waals surface area (Å²) in [5, 5.41) is 12.2. The molecule has 0 fully saturated rings. The lowest BCUT2D eigenvalue weighted by Crippen LogP contribution is -2.13. The molecule has 0 aliphatic carbocycles. The Hall–Kier alpha value is -3.61. The fourth-order valence-electron chi connectivity index (χ4n) is 2.80. The first-order valence-corrected chi connectivity index (χ1v) is 11.8. The highest BCUT2D eigenvalue weighted by atomic mass is 79.9. The van der Waals surface area contributed by atoms with E-state index >= 15 is 0 Å². The number of amides is 1. The van der Waals surface area contributed by atoms with Crippen molar-refractivity contribution in [2.45, 2.75) is 11.8 Å². The molecule has 3 aromatic rings. The summed E-state index contributed by atoms with van der Waals surface area (Å²) in [4.78, 5) is 12.5. The van der Waals surface area contributed by atoms with Gasteiger partial charge in [-0.1, -0.05) is 35.9 Å². The van der Waals surface area contributed by atoms with Gasteiger partial charge in [-0.05, 0) is 70.9 Å². The number of rotatable bonds is 7. The molecule has 0 saturated heterocycles. The van der Waals surface area contributed by atoms with Crippen LogP contribution in [0.4, 0.5) is 5.69 Å². The Morgan fingerprint density at radius 3 is 2.36 bits per heavy atom. The Balaban J connectivity index is 1.90. The monoisotopic (exact) mass is 526 g/mol. The topological polar surface area (TPSA) is 105 Å². The van der Waals surface area contributed by atoms with Gasteiger partial charge in [0.2, 0.25) is 0 Å². The summed E-state index contributed by atoms with van der Waals surface area (Å²) >= 11 is 3.29. The second-order valence-electron chi connectivity index (χ2n) is 6.87. The number of benzene rings is 3. The van der Waals surface area contributed by atoms with Crippen LogP contribution in [0.25, 0.3) is 6.08 Å². The molecular weight excluding hydrogens is 508 g/mol. The number of aryl methyl sites for hydroxylation is 1. The highest BCUT2D eigenvalue weighted by Crippen LogP contribution is 2.39. The van der Waals surface area contributed by atoms with E-state index in [-0.39, 0.29) is 26.4 Å². The standard InChI is InChI=1S/C24H19BrN2O5S/c1-16-8-10-19(11-9-16)27-24(28)18(15-26)12-17-13-21(25)23(22(14-17)31-2)32-33(29,30)20-6-4-3-5-7-20/h3-14H,1-2H3,(H,27,28)/b18-12+. The van der Waals surface area contributed by atoms with Crippen molar-refractivity contribution in [1.29, 1.82) is 5.26 Å². The van der Waals surface area contributed by atoms with Crippen molar-refractivity contribution in [3.05, 3.63) is 87.9 Å². The number of carbonyl (C=O) groups excluding carboxylic acids is 1. The first-order valence-electron chi connectivity index (χ1n) is 9.60. The zero-order valence-electron chi connectivity index (χ0n) is 17.7. The van der Waals surface area contributed by atoms with E-state index in [2.05, 4.69) is 21.2 Å². The van der Waals surface area contributed by atoms with Crippen molar-refractivity contribution >= 4 is 43.7 Å². The minimum Gasteiger partial charge on any atom is -0.493 e. The molecule has 33 heavy (non-hydrogen) atoms. The lowest BCUT2D eigenvalue weighted by Gasteiger charge is -2.13. The van der Waals surface area contributed by atoms with Crippen LogP contribution in [0.2, 0.25) is 0 Å². The molecule has 1 amide bonds. The Morgan fingerprint density at radius 2 is 1.76 bits per heavy atom. The second kappa shape index (κ2) is 10.3. The fourth-order valence-corrected chi connectivity index (χ4v) is 4.43. The maximum absolute atomic E-state index is 12.6. The van der Waals surface area contributed by atoms with Gasteiger partial charge in [0, 0.05) is 5.69 Å². The molecule has 0 saturated carbocycles. The van der Waals surface area contributed by atoms with Gasteiger partial charge in [0.1, 0.15) is 16.5 Å². The highest BCUT2D eigenvalue weighted by Gasteiger charge is 2.22. The first kappa shape index (κ1) is 24.0. The van der Waals surface area contributed by atoms with Gasteiger partial charge >= 0.3 is 10.1 Å². The van der Waals surface area contributed by atoms with E-state index in [0.29, 0.717) is 11.3 Å². The number of hydrogen-bond donors (Lipinski definition) is 1. The van der Waals surface area contributed by atoms with Crippen LogP contribution in [0.15, 0.2) is 81.7 Å². The molecule has 1 N–H and O–H groups in total. The van der Waals surface area contributed by atoms with Crippen LogP contribution in [0.1, 0.15) is 11.1 Å². The van der Waals surface area contributed by atoms with Gasteiger partial charge in [0.15, 0.2) is 11.5 Å². The van der Waals surface area contributed by atoms with Crippen LogP contribution in [0.5, 0.6) is 11.5 Å². The summed E-state index contributed by atoms with van der Waals surface area (Å²) in [7, 11) is -2.75. The number of hydrogen-bond acceptors (Lipinski definition) is 6. The van der Waals surface area contributed by atoms with Gasteiger partial charge < -0.3 is 14.2 Å². The predicted octanol–water partition coefficient (Wildman–Crippen LogP) is 5.08. The van der Waals surface area contributed by atoms with Crippen molar-refractivity contribution in [2.75, 3.05) is 12.4 Å². The number of carbonyl (C=O) groups is 1. The number of anilines is 1. The van der Waals surface area contributed by atoms with Gasteiger partial charge in [-0.2, -0.15) is 13.7 Å². The zero-order chi connectivity index (χ0) is 24.0. The Morgan fingerprint density at radius 1 is 1.09 bits per heavy atom. The number of nitrogens with zero attached hydrogens (tertiary/aromatic N) is 1. The molecule has 0 aliphatic heterocycles. The van der Waals surface area contributed by atoms with E-state index in [9.17, 15) is 18.5 Å². The Bertz CT molecular complexity index is 1350. The maximum atomic E-state index is 12.6. The molecule has 0 aromatic heterocycles. The van der Waals surface area contributed by atoms with Crippen LogP contribution in [0, 0.1) is 18.3 Å². The predicted molar refractivity (Wildman–Crippen MR) is 128 cm³/mol. The van der Waals surface area contributed by atoms with E-state index in [0.717, 1.165) is 5.56 Å². The molecule has 3 aromatic carbocycles. The lowest BCUT2D eigenvalue weighted by atomic mass is 10.1. The van der Waals surface area contributed by atoms with Gasteiger partial charge in [-0.25, -0.2) is 0 Å². The third kappa shape index (κ3) is 6.00. The summed E-state index contributed by atoms with van der Waals surface area (Å²) in [5.74, 6) is -0.532. The third-order valence-electron chi connectivity index (χ3n) is 4.46. The van der Waals surface area contributed by atoms with Crippen LogP contribution in [-0.4, -0.2) is 21.4 Å². The van der Waals surface area contributed by atoms with Crippen LogP contribution >= 0.6 is 15.9 Å². The largest absolute Gasteiger partial charge is 0.493 e. The van der Waals surface area contributed by atoms with Crippen LogP contribution in [-0.2, 0) is 14.9 Å². The molecule has 0 heterocycles. The van der Waals surface area contributed by atoms with E-state index in [4.69, 9.17) is 8.92 Å². The molecule has 3 rings (SSSR count). The van der Waals surface area contributed by atoms with Gasteiger partial charge in [-0.3, -0.25) is 4.79 Å². The third-order valence-corrected chi connectivity index (χ3v) is 6.29. The van der Waals surface area contributed by atoms with E-state index in [1.807, 2.05) is 25.1 Å². The highest BCUT2D eigenvalue weighted by molar-refractivity contribution is 9.10. The molecule has 0 radical (unpaired) electrons. The van der Waals surface area contributed by atoms with Gasteiger partial charge in [0.25, 0.3) is 5.91 Å². The normalized spacial score (nSPS) is 11.4. The maximum Gasteiger partial charge on any atom is 0.339 e. The first-order chi connectivity index (χ1) is 15.7. The minimum atomic E-state index is -4.10. The van der Waals surface area contributed by atoms with Gasteiger partial charge in [0.05, 0.1) is 11.6 Å². The molecule has 0 spiro atoms. The van der Waals surface area contributed by atoms with Crippen molar-refractivity contribution in [3.8, 4) is 17.6 Å². The minimum absolute atomic E-state index is 0.0116. The Labute approximate surface area is 200 Å². The van der Waals surface area contributed by atoms with Crippen molar-refractivity contribution in [2.24, 2.45) is 0 Å². The number of ether oxygens (including phenoxy) is 1. The SMILES string of the molecule is COc1cc(/C=C(\C#N)C(=O)Nc2ccc(C)cc2)cc(Br)c1OS(=O)(=O)c1ccccc1. The summed E-state index contributed by atoms with van der Waals surface area (Å²) < 4.78 is 36.1. The van der Waals surface area contributed by atoms with Crippen molar-refractivity contribution < 1.29 is 22.1 Å². The fraction of sp³-hybridized carbons (Fsp3) is 0.0833. The smallest absolute Gasteiger partial charge is 0.339 e. The summed E-state index contributed by atoms with van der Waals surface area (Å²) in [6.07, 6.45) is 1.37. The summed E-state index contributed by atoms with van der Waals surface area (Å²) in [6.45, 7) is 1.93. The van der Waals surface area contributed by atoms with E-state index < -0.39 is 16.0 Å². The average Bonchev–Trinajstić information content (AvgIpc) is 2.80. The molecule has 9 heteroatoms.